The van der Waals surface area contributed by atoms with Gasteiger partial charge in [0.05, 0.1) is 12.1 Å². The van der Waals surface area contributed by atoms with Gasteiger partial charge in [-0.2, -0.15) is 0 Å². The highest BCUT2D eigenvalue weighted by molar-refractivity contribution is 7.14. The Morgan fingerprint density at radius 3 is 2.56 bits per heavy atom. The number of carbonyl (C=O) groups excluding carboxylic acids is 2. The van der Waals surface area contributed by atoms with Crippen LogP contribution in [0.4, 0.5) is 5.13 Å². The molecule has 4 saturated carbocycles. The first-order chi connectivity index (χ1) is 12.2. The molecule has 25 heavy (non-hydrogen) atoms. The lowest BCUT2D eigenvalue weighted by Crippen LogP contribution is -2.56. The molecule has 4 aliphatic carbocycles. The molecule has 0 unspecified atom stereocenters. The molecule has 0 spiro atoms. The van der Waals surface area contributed by atoms with Gasteiger partial charge in [0, 0.05) is 24.4 Å². The number of hydrogen-bond donors (Lipinski definition) is 1. The van der Waals surface area contributed by atoms with Crippen molar-refractivity contribution in [1.82, 2.24) is 10.3 Å². The zero-order valence-corrected chi connectivity index (χ0v) is 15.3. The average Bonchev–Trinajstić information content (AvgIpc) is 3.19. The Morgan fingerprint density at radius 1 is 1.20 bits per heavy atom. The van der Waals surface area contributed by atoms with Gasteiger partial charge >= 0.3 is 0 Å². The fourth-order valence-electron chi connectivity index (χ4n) is 5.91. The largest absolute Gasteiger partial charge is 0.352 e. The van der Waals surface area contributed by atoms with Gasteiger partial charge in [-0.1, -0.05) is 0 Å². The number of hydrogen-bond acceptors (Lipinski definition) is 4. The van der Waals surface area contributed by atoms with Crippen LogP contribution in [0.3, 0.4) is 0 Å². The number of amides is 2. The van der Waals surface area contributed by atoms with Gasteiger partial charge in [-0.15, -0.1) is 11.3 Å². The number of nitrogens with zero attached hydrogens (tertiary/aromatic N) is 2. The second-order valence-corrected chi connectivity index (χ2v) is 9.31. The molecule has 4 bridgehead atoms. The molecule has 134 valence electrons. The lowest BCUT2D eigenvalue weighted by molar-refractivity contribution is -0.124. The molecule has 1 aliphatic heterocycles. The van der Waals surface area contributed by atoms with E-state index in [1.807, 2.05) is 5.38 Å². The molecule has 2 amide bonds. The minimum Gasteiger partial charge on any atom is -0.352 e. The third-order valence-electron chi connectivity index (χ3n) is 6.74. The third kappa shape index (κ3) is 2.88. The molecule has 6 rings (SSSR count). The summed E-state index contributed by atoms with van der Waals surface area (Å²) in [5.74, 6) is 3.51. The van der Waals surface area contributed by atoms with Crippen LogP contribution in [0.15, 0.2) is 5.38 Å². The van der Waals surface area contributed by atoms with Gasteiger partial charge < -0.3 is 5.32 Å². The van der Waals surface area contributed by atoms with Gasteiger partial charge in [-0.05, 0) is 62.2 Å². The molecular weight excluding hydrogens is 334 g/mol. The molecule has 5 fully saturated rings. The molecule has 1 aromatic heterocycles. The highest BCUT2D eigenvalue weighted by atomic mass is 32.1. The molecular formula is C19H25N3O2S. The fourth-order valence-corrected chi connectivity index (χ4v) is 6.78. The van der Waals surface area contributed by atoms with Crippen LogP contribution in [-0.2, 0) is 16.0 Å². The molecule has 2 heterocycles. The molecule has 0 radical (unpaired) electrons. The number of thiazole rings is 1. The van der Waals surface area contributed by atoms with Crippen molar-refractivity contribution in [3.8, 4) is 0 Å². The lowest BCUT2D eigenvalue weighted by Gasteiger charge is -2.54. The van der Waals surface area contributed by atoms with Crippen molar-refractivity contribution in [2.24, 2.45) is 23.7 Å². The van der Waals surface area contributed by atoms with E-state index in [9.17, 15) is 9.59 Å². The van der Waals surface area contributed by atoms with Crippen molar-refractivity contribution < 1.29 is 9.59 Å². The van der Waals surface area contributed by atoms with E-state index >= 15 is 0 Å². The average molecular weight is 359 g/mol. The Hall–Kier alpha value is -1.43. The van der Waals surface area contributed by atoms with Gasteiger partial charge in [-0.3, -0.25) is 14.5 Å². The van der Waals surface area contributed by atoms with Gasteiger partial charge in [-0.25, -0.2) is 4.98 Å². The number of nitrogens with one attached hydrogen (secondary N) is 1. The number of carbonyl (C=O) groups is 2. The standard InChI is InChI=1S/C19H25N3O2S/c23-16(9-15-10-25-19(20-15)22-3-1-2-17(22)24)21-18-13-5-11-4-12(7-13)8-14(18)6-11/h10-14,18H,1-9H2,(H,21,23). The topological polar surface area (TPSA) is 62.3 Å². The summed E-state index contributed by atoms with van der Waals surface area (Å²) in [7, 11) is 0. The number of anilines is 1. The summed E-state index contributed by atoms with van der Waals surface area (Å²) in [5.41, 5.74) is 0.793. The molecule has 1 saturated heterocycles. The lowest BCUT2D eigenvalue weighted by atomic mass is 9.54. The first kappa shape index (κ1) is 15.8. The van der Waals surface area contributed by atoms with Crippen LogP contribution in [0.1, 0.15) is 50.6 Å². The smallest absolute Gasteiger partial charge is 0.228 e. The summed E-state index contributed by atoms with van der Waals surface area (Å²) in [6, 6.07) is 0.388. The first-order valence-corrected chi connectivity index (χ1v) is 10.6. The SMILES string of the molecule is O=C(Cc1csc(N2CCCC2=O)n1)NC1C2CC3CC(C2)CC1C3. The van der Waals surface area contributed by atoms with Crippen LogP contribution in [0.25, 0.3) is 0 Å². The second-order valence-electron chi connectivity index (χ2n) is 8.47. The summed E-state index contributed by atoms with van der Waals surface area (Å²) >= 11 is 1.48. The van der Waals surface area contributed by atoms with Crippen molar-refractivity contribution >= 4 is 28.3 Å². The van der Waals surface area contributed by atoms with E-state index in [0.29, 0.717) is 30.7 Å². The molecule has 1 N–H and O–H groups in total. The maximum atomic E-state index is 12.6. The predicted octanol–water partition coefficient (Wildman–Crippen LogP) is 2.75. The van der Waals surface area contributed by atoms with Crippen LogP contribution >= 0.6 is 11.3 Å². The van der Waals surface area contributed by atoms with Crippen LogP contribution in [0.5, 0.6) is 0 Å². The van der Waals surface area contributed by atoms with E-state index in [4.69, 9.17) is 0 Å². The van der Waals surface area contributed by atoms with E-state index in [0.717, 1.165) is 35.6 Å². The Kier molecular flexibility index (Phi) is 3.84. The summed E-state index contributed by atoms with van der Waals surface area (Å²) in [6.07, 6.45) is 8.55. The van der Waals surface area contributed by atoms with E-state index in [1.165, 1.54) is 43.4 Å². The van der Waals surface area contributed by atoms with Crippen molar-refractivity contribution in [3.05, 3.63) is 11.1 Å². The van der Waals surface area contributed by atoms with Crippen LogP contribution in [0.2, 0.25) is 0 Å². The first-order valence-electron chi connectivity index (χ1n) is 9.70. The van der Waals surface area contributed by atoms with Crippen LogP contribution in [-0.4, -0.2) is 29.4 Å². The van der Waals surface area contributed by atoms with E-state index in [2.05, 4.69) is 10.3 Å². The van der Waals surface area contributed by atoms with Crippen molar-refractivity contribution in [2.45, 2.75) is 57.4 Å². The summed E-state index contributed by atoms with van der Waals surface area (Å²) in [6.45, 7) is 0.756. The van der Waals surface area contributed by atoms with Gasteiger partial charge in [0.15, 0.2) is 5.13 Å². The Morgan fingerprint density at radius 2 is 1.92 bits per heavy atom. The van der Waals surface area contributed by atoms with Crippen LogP contribution in [0, 0.1) is 23.7 Å². The van der Waals surface area contributed by atoms with Gasteiger partial charge in [0.2, 0.25) is 11.8 Å². The highest BCUT2D eigenvalue weighted by Gasteiger charge is 2.48. The highest BCUT2D eigenvalue weighted by Crippen LogP contribution is 2.53. The Labute approximate surface area is 152 Å². The molecule has 5 nitrogen and oxygen atoms in total. The summed E-state index contributed by atoms with van der Waals surface area (Å²) in [4.78, 5) is 30.7. The Balaban J connectivity index is 1.21. The van der Waals surface area contributed by atoms with Crippen LogP contribution < -0.4 is 10.2 Å². The summed E-state index contributed by atoms with van der Waals surface area (Å²) < 4.78 is 0. The minimum absolute atomic E-state index is 0.0991. The van der Waals surface area contributed by atoms with E-state index < -0.39 is 0 Å². The third-order valence-corrected chi connectivity index (χ3v) is 7.65. The zero-order valence-electron chi connectivity index (χ0n) is 14.4. The van der Waals surface area contributed by atoms with Crippen molar-refractivity contribution in [3.63, 3.8) is 0 Å². The van der Waals surface area contributed by atoms with Gasteiger partial charge in [0.25, 0.3) is 0 Å². The second kappa shape index (κ2) is 6.08. The quantitative estimate of drug-likeness (QED) is 0.899. The molecule has 5 aliphatic rings. The fraction of sp³-hybridized carbons (Fsp3) is 0.737. The van der Waals surface area contributed by atoms with E-state index in [-0.39, 0.29) is 11.8 Å². The van der Waals surface area contributed by atoms with Gasteiger partial charge in [0.1, 0.15) is 0 Å². The van der Waals surface area contributed by atoms with Crippen molar-refractivity contribution in [1.29, 1.82) is 0 Å². The summed E-state index contributed by atoms with van der Waals surface area (Å²) in [5, 5.41) is 6.02. The normalized spacial score (nSPS) is 36.2. The number of rotatable bonds is 4. The van der Waals surface area contributed by atoms with Crippen molar-refractivity contribution in [2.75, 3.05) is 11.4 Å². The maximum Gasteiger partial charge on any atom is 0.228 e. The molecule has 1 aromatic rings. The molecule has 6 heteroatoms. The van der Waals surface area contributed by atoms with E-state index in [1.54, 1.807) is 4.90 Å². The maximum absolute atomic E-state index is 12.6. The minimum atomic E-state index is 0.0991. The number of aromatic nitrogens is 1. The molecule has 0 atom stereocenters. The monoisotopic (exact) mass is 359 g/mol. The Bertz CT molecular complexity index is 673. The predicted molar refractivity (Wildman–Crippen MR) is 96.4 cm³/mol. The molecule has 0 aromatic carbocycles. The zero-order chi connectivity index (χ0) is 17.0.